The van der Waals surface area contributed by atoms with E-state index in [1.165, 1.54) is 22.3 Å². The molecule has 30 heavy (non-hydrogen) atoms. The molecule has 1 N–H and O–H groups in total. The van der Waals surface area contributed by atoms with E-state index in [4.69, 9.17) is 5.11 Å². The van der Waals surface area contributed by atoms with Gasteiger partial charge in [-0.15, -0.1) is 0 Å². The minimum absolute atomic E-state index is 0.223. The summed E-state index contributed by atoms with van der Waals surface area (Å²) in [7, 11) is 0. The molecule has 2 heteroatoms. The van der Waals surface area contributed by atoms with Gasteiger partial charge in [0.05, 0.1) is 0 Å². The summed E-state index contributed by atoms with van der Waals surface area (Å²) in [5.74, 6) is -0.379. The van der Waals surface area contributed by atoms with Crippen LogP contribution >= 0.6 is 0 Å². The Morgan fingerprint density at radius 3 is 2.10 bits per heavy atom. The van der Waals surface area contributed by atoms with E-state index in [0.29, 0.717) is 12.3 Å². The highest BCUT2D eigenvalue weighted by atomic mass is 16.4. The summed E-state index contributed by atoms with van der Waals surface area (Å²) < 4.78 is 0. The molecule has 0 amide bonds. The molecule has 0 spiro atoms. The van der Waals surface area contributed by atoms with Crippen molar-refractivity contribution in [1.82, 2.24) is 0 Å². The molecule has 2 nitrogen and oxygen atoms in total. The van der Waals surface area contributed by atoms with Gasteiger partial charge in [0, 0.05) is 6.42 Å². The van der Waals surface area contributed by atoms with Gasteiger partial charge < -0.3 is 5.11 Å². The molecule has 1 rings (SSSR count). The summed E-state index contributed by atoms with van der Waals surface area (Å²) in [5.41, 5.74) is 5.18. The molecule has 0 aliphatic heterocycles. The fourth-order valence-electron chi connectivity index (χ4n) is 3.25. The van der Waals surface area contributed by atoms with Crippen molar-refractivity contribution in [3.63, 3.8) is 0 Å². The molecule has 0 aromatic heterocycles. The molecule has 0 aromatic rings. The normalized spacial score (nSPS) is 19.5. The van der Waals surface area contributed by atoms with Crippen molar-refractivity contribution < 1.29 is 9.90 Å². The van der Waals surface area contributed by atoms with Gasteiger partial charge >= 0.3 is 5.97 Å². The van der Waals surface area contributed by atoms with Crippen molar-refractivity contribution >= 4 is 5.97 Å². The summed E-state index contributed by atoms with van der Waals surface area (Å²) in [6, 6.07) is 0. The van der Waals surface area contributed by atoms with E-state index in [1.54, 1.807) is 0 Å². The number of aliphatic carboxylic acids is 1. The summed E-state index contributed by atoms with van der Waals surface area (Å²) in [5, 5.41) is 9.01. The number of carbonyl (C=O) groups is 1. The predicted octanol–water partition coefficient (Wildman–Crippen LogP) is 8.05. The van der Waals surface area contributed by atoms with Gasteiger partial charge in [0.2, 0.25) is 0 Å². The molecule has 162 valence electrons. The number of rotatable bonds is 4. The zero-order chi connectivity index (χ0) is 22.2. The molecule has 0 aromatic carbocycles. The largest absolute Gasteiger partial charge is 0.481 e. The zero-order valence-electron chi connectivity index (χ0n) is 19.1. The summed E-state index contributed by atoms with van der Waals surface area (Å²) in [6.07, 6.45) is 30.3. The number of allylic oxidation sites excluding steroid dienone is 16. The molecule has 1 aliphatic rings. The van der Waals surface area contributed by atoms with Gasteiger partial charge in [0.25, 0.3) is 0 Å². The van der Waals surface area contributed by atoms with Crippen LogP contribution in [0.15, 0.2) is 95.2 Å². The van der Waals surface area contributed by atoms with E-state index in [-0.39, 0.29) is 6.42 Å². The van der Waals surface area contributed by atoms with E-state index < -0.39 is 5.97 Å². The van der Waals surface area contributed by atoms with E-state index in [0.717, 1.165) is 25.7 Å². The maximum atomic E-state index is 11.0. The SMILES string of the molecule is CCC1=C(C)C=CC=CC(C)=CC=CCC(CCC(=O)O)CC=CC=C(C)C=CC1. The summed E-state index contributed by atoms with van der Waals surface area (Å²) >= 11 is 0. The van der Waals surface area contributed by atoms with Crippen LogP contribution in [0.1, 0.15) is 66.2 Å². The van der Waals surface area contributed by atoms with E-state index in [2.05, 4.69) is 101 Å². The maximum absolute atomic E-state index is 11.0. The Balaban J connectivity index is 3.04. The standard InChI is InChI=1S/C28H38O2/c1-5-27-20-12-16-24(3)15-8-11-19-26(21-22-28(29)30)18-10-7-14-23(2)13-6-9-17-25(27)4/h6-17,26H,5,18-22H2,1-4H3,(H,29,30). The third-order valence-electron chi connectivity index (χ3n) is 5.24. The van der Waals surface area contributed by atoms with Gasteiger partial charge in [0.15, 0.2) is 0 Å². The maximum Gasteiger partial charge on any atom is 0.303 e. The van der Waals surface area contributed by atoms with Crippen LogP contribution in [-0.2, 0) is 4.79 Å². The molecular formula is C28H38O2. The first kappa shape index (κ1) is 25.4. The average Bonchev–Trinajstić information content (AvgIpc) is 2.71. The molecule has 0 saturated carbocycles. The van der Waals surface area contributed by atoms with Gasteiger partial charge in [-0.2, -0.15) is 0 Å². The first-order valence-corrected chi connectivity index (χ1v) is 11.0. The van der Waals surface area contributed by atoms with Gasteiger partial charge in [-0.3, -0.25) is 4.79 Å². The third-order valence-corrected chi connectivity index (χ3v) is 5.24. The van der Waals surface area contributed by atoms with Gasteiger partial charge in [-0.1, -0.05) is 102 Å². The second-order valence-electron chi connectivity index (χ2n) is 7.91. The van der Waals surface area contributed by atoms with Crippen molar-refractivity contribution in [1.29, 1.82) is 0 Å². The first-order chi connectivity index (χ1) is 14.4. The molecule has 0 fully saturated rings. The fraction of sp³-hybridized carbons (Fsp3) is 0.393. The van der Waals surface area contributed by atoms with Crippen LogP contribution in [0.5, 0.6) is 0 Å². The Morgan fingerprint density at radius 2 is 1.50 bits per heavy atom. The molecule has 0 radical (unpaired) electrons. The van der Waals surface area contributed by atoms with Crippen LogP contribution < -0.4 is 0 Å². The molecule has 0 heterocycles. The topological polar surface area (TPSA) is 37.3 Å². The predicted molar refractivity (Wildman–Crippen MR) is 130 cm³/mol. The number of hydrogen-bond donors (Lipinski definition) is 1. The van der Waals surface area contributed by atoms with Gasteiger partial charge in [-0.25, -0.2) is 0 Å². The second-order valence-corrected chi connectivity index (χ2v) is 7.91. The van der Waals surface area contributed by atoms with Crippen LogP contribution in [-0.4, -0.2) is 11.1 Å². The monoisotopic (exact) mass is 406 g/mol. The Morgan fingerprint density at radius 1 is 0.900 bits per heavy atom. The first-order valence-electron chi connectivity index (χ1n) is 11.0. The van der Waals surface area contributed by atoms with Crippen LogP contribution in [0, 0.1) is 5.92 Å². The Hall–Kier alpha value is -2.61. The highest BCUT2D eigenvalue weighted by molar-refractivity contribution is 5.66. The second kappa shape index (κ2) is 15.3. The lowest BCUT2D eigenvalue weighted by Crippen LogP contribution is -2.03. The molecule has 1 aliphatic carbocycles. The van der Waals surface area contributed by atoms with Gasteiger partial charge in [0.1, 0.15) is 0 Å². The summed E-state index contributed by atoms with van der Waals surface area (Å²) in [6.45, 7) is 8.59. The molecule has 0 bridgehead atoms. The molecular weight excluding hydrogens is 368 g/mol. The molecule has 1 atom stereocenters. The Bertz CT molecular complexity index is 779. The smallest absolute Gasteiger partial charge is 0.303 e. The van der Waals surface area contributed by atoms with E-state index >= 15 is 0 Å². The number of carboxylic acids is 1. The van der Waals surface area contributed by atoms with Crippen molar-refractivity contribution in [2.75, 3.05) is 0 Å². The Kier molecular flexibility index (Phi) is 12.9. The zero-order valence-corrected chi connectivity index (χ0v) is 19.1. The minimum Gasteiger partial charge on any atom is -0.481 e. The van der Waals surface area contributed by atoms with Crippen LogP contribution in [0.4, 0.5) is 0 Å². The van der Waals surface area contributed by atoms with Crippen molar-refractivity contribution in [3.05, 3.63) is 95.2 Å². The highest BCUT2D eigenvalue weighted by Gasteiger charge is 2.07. The van der Waals surface area contributed by atoms with E-state index in [9.17, 15) is 4.79 Å². The quantitative estimate of drug-likeness (QED) is 0.513. The van der Waals surface area contributed by atoms with Crippen molar-refractivity contribution in [2.24, 2.45) is 5.92 Å². The van der Waals surface area contributed by atoms with E-state index in [1.807, 2.05) is 0 Å². The lowest BCUT2D eigenvalue weighted by Gasteiger charge is -2.11. The lowest BCUT2D eigenvalue weighted by molar-refractivity contribution is -0.137. The fourth-order valence-corrected chi connectivity index (χ4v) is 3.25. The van der Waals surface area contributed by atoms with Crippen molar-refractivity contribution in [2.45, 2.75) is 66.2 Å². The average molecular weight is 407 g/mol. The molecule has 1 unspecified atom stereocenters. The Labute approximate surface area is 183 Å². The minimum atomic E-state index is -0.722. The third kappa shape index (κ3) is 12.1. The van der Waals surface area contributed by atoms with Crippen LogP contribution in [0.2, 0.25) is 0 Å². The van der Waals surface area contributed by atoms with Crippen molar-refractivity contribution in [3.8, 4) is 0 Å². The number of carboxylic acid groups (broad SMARTS) is 1. The number of hydrogen-bond acceptors (Lipinski definition) is 1. The lowest BCUT2D eigenvalue weighted by atomic mass is 9.95. The molecule has 0 saturated heterocycles. The van der Waals surface area contributed by atoms with Crippen LogP contribution in [0.3, 0.4) is 0 Å². The summed E-state index contributed by atoms with van der Waals surface area (Å²) in [4.78, 5) is 11.0. The van der Waals surface area contributed by atoms with Gasteiger partial charge in [-0.05, 0) is 58.8 Å². The van der Waals surface area contributed by atoms with Crippen LogP contribution in [0.25, 0.3) is 0 Å². The highest BCUT2D eigenvalue weighted by Crippen LogP contribution is 2.18.